The predicted octanol–water partition coefficient (Wildman–Crippen LogP) is 4.41. The van der Waals surface area contributed by atoms with Crippen molar-refractivity contribution in [3.8, 4) is 11.5 Å². The molecular weight excluding hydrogens is 524 g/mol. The Balaban J connectivity index is 1.51. The van der Waals surface area contributed by atoms with E-state index in [1.807, 2.05) is 55.5 Å². The minimum absolute atomic E-state index is 0.00235. The van der Waals surface area contributed by atoms with Gasteiger partial charge in [0.05, 0.1) is 13.2 Å². The van der Waals surface area contributed by atoms with Crippen LogP contribution < -0.4 is 20.3 Å². The fourth-order valence-corrected chi connectivity index (χ4v) is 4.41. The smallest absolute Gasteiger partial charge is 0.266 e. The number of carbonyl (C=O) groups is 1. The predicted molar refractivity (Wildman–Crippen MR) is 155 cm³/mol. The summed E-state index contributed by atoms with van der Waals surface area (Å²) in [6.07, 6.45) is 1.34. The molecule has 0 radical (unpaired) electrons. The van der Waals surface area contributed by atoms with Gasteiger partial charge in [-0.1, -0.05) is 47.6 Å². The van der Waals surface area contributed by atoms with Crippen molar-refractivity contribution in [3.05, 3.63) is 99.9 Å². The van der Waals surface area contributed by atoms with Gasteiger partial charge in [0.25, 0.3) is 5.91 Å². The van der Waals surface area contributed by atoms with Gasteiger partial charge in [0, 0.05) is 42.2 Å². The molecule has 0 aliphatic carbocycles. The number of aliphatic imine (C=N–C) groups is 1. The summed E-state index contributed by atoms with van der Waals surface area (Å²) in [5, 5.41) is 12.7. The van der Waals surface area contributed by atoms with E-state index < -0.39 is 5.54 Å². The van der Waals surface area contributed by atoms with Crippen LogP contribution >= 0.6 is 0 Å². The molecule has 1 atom stereocenters. The highest BCUT2D eigenvalue weighted by Crippen LogP contribution is 2.31. The molecule has 3 aromatic rings. The number of hydrazine groups is 1. The summed E-state index contributed by atoms with van der Waals surface area (Å²) < 4.78 is 17.3. The molecule has 0 saturated heterocycles. The van der Waals surface area contributed by atoms with Gasteiger partial charge in [-0.2, -0.15) is 0 Å². The van der Waals surface area contributed by atoms with Crippen molar-refractivity contribution in [2.24, 2.45) is 10.1 Å². The molecule has 4 rings (SSSR count). The van der Waals surface area contributed by atoms with Crippen LogP contribution in [0.1, 0.15) is 30.0 Å². The van der Waals surface area contributed by atoms with Gasteiger partial charge in [-0.15, -0.1) is 0 Å². The zero-order valence-corrected chi connectivity index (χ0v) is 23.0. The number of nitrogens with one attached hydrogen (secondary N) is 2. The second kappa shape index (κ2) is 14.7. The quantitative estimate of drug-likeness (QED) is 0.0827. The van der Waals surface area contributed by atoms with Crippen molar-refractivity contribution in [2.45, 2.75) is 31.7 Å². The van der Waals surface area contributed by atoms with Gasteiger partial charge in [-0.3, -0.25) is 10.2 Å². The van der Waals surface area contributed by atoms with Crippen LogP contribution in [0.4, 0.5) is 5.69 Å². The third kappa shape index (κ3) is 7.76. The molecule has 0 unspecified atom stereocenters. The van der Waals surface area contributed by atoms with E-state index in [1.54, 1.807) is 24.3 Å². The van der Waals surface area contributed by atoms with Gasteiger partial charge in [-0.25, -0.2) is 10.4 Å². The SMILES string of the molecule is CCOc1ccccc1CCNNC(=O)[C@]1(Cc2ccccc2N=[N+]=[N-])COC(c2ccc(OCCCO)cc2)=N1. The van der Waals surface area contributed by atoms with Gasteiger partial charge < -0.3 is 19.3 Å². The Kier molecular flexibility index (Phi) is 10.6. The summed E-state index contributed by atoms with van der Waals surface area (Å²) in [5.74, 6) is 1.43. The highest BCUT2D eigenvalue weighted by molar-refractivity contribution is 6.00. The molecule has 0 aromatic heterocycles. The zero-order chi connectivity index (χ0) is 28.9. The number of azide groups is 1. The third-order valence-electron chi connectivity index (χ3n) is 6.48. The number of amides is 1. The molecular formula is C30H34N6O5. The van der Waals surface area contributed by atoms with E-state index in [2.05, 4.69) is 20.9 Å². The molecule has 214 valence electrons. The fourth-order valence-electron chi connectivity index (χ4n) is 4.41. The Bertz CT molecular complexity index is 1390. The van der Waals surface area contributed by atoms with Crippen LogP contribution in [0.5, 0.6) is 11.5 Å². The van der Waals surface area contributed by atoms with Gasteiger partial charge >= 0.3 is 0 Å². The minimum atomic E-state index is -1.30. The van der Waals surface area contributed by atoms with Crippen molar-refractivity contribution in [1.82, 2.24) is 10.9 Å². The Labute approximate surface area is 238 Å². The average molecular weight is 559 g/mol. The highest BCUT2D eigenvalue weighted by Gasteiger charge is 2.45. The average Bonchev–Trinajstić information content (AvgIpc) is 3.43. The molecule has 1 aliphatic heterocycles. The van der Waals surface area contributed by atoms with Crippen LogP contribution in [0.25, 0.3) is 10.4 Å². The summed E-state index contributed by atoms with van der Waals surface area (Å²) in [4.78, 5) is 21.4. The van der Waals surface area contributed by atoms with Crippen molar-refractivity contribution >= 4 is 17.5 Å². The minimum Gasteiger partial charge on any atom is -0.494 e. The monoisotopic (exact) mass is 558 g/mol. The van der Waals surface area contributed by atoms with Crippen molar-refractivity contribution in [2.75, 3.05) is 33.0 Å². The zero-order valence-electron chi connectivity index (χ0n) is 23.0. The molecule has 3 N–H and O–H groups in total. The first-order valence-corrected chi connectivity index (χ1v) is 13.5. The first-order valence-electron chi connectivity index (χ1n) is 13.5. The lowest BCUT2D eigenvalue weighted by molar-refractivity contribution is -0.127. The first-order chi connectivity index (χ1) is 20.1. The molecule has 0 spiro atoms. The number of ether oxygens (including phenoxy) is 3. The van der Waals surface area contributed by atoms with Crippen molar-refractivity contribution in [1.29, 1.82) is 0 Å². The standard InChI is InChI=1S/C30H34N6O5/c1-2-39-27-11-6-4-8-22(27)16-17-32-35-29(38)30(20-24-9-3-5-10-26(24)34-36-31)21-41-28(33-30)23-12-14-25(15-13-23)40-19-7-18-37/h3-6,8-15,32,37H,2,7,16-21H2,1H3,(H,35,38)/t30-/m0/s1. The molecule has 1 amide bonds. The lowest BCUT2D eigenvalue weighted by Crippen LogP contribution is -2.53. The Morgan fingerprint density at radius 3 is 2.61 bits per heavy atom. The molecule has 1 heterocycles. The number of rotatable bonds is 15. The number of hydrogen-bond donors (Lipinski definition) is 3. The van der Waals surface area contributed by atoms with Gasteiger partial charge in [-0.05, 0) is 60.3 Å². The maximum absolute atomic E-state index is 13.7. The number of aliphatic hydroxyl groups excluding tert-OH is 1. The summed E-state index contributed by atoms with van der Waals surface area (Å²) >= 11 is 0. The molecule has 11 nitrogen and oxygen atoms in total. The van der Waals surface area contributed by atoms with Gasteiger partial charge in [0.2, 0.25) is 5.90 Å². The summed E-state index contributed by atoms with van der Waals surface area (Å²) in [7, 11) is 0. The molecule has 11 heteroatoms. The Morgan fingerprint density at radius 2 is 1.85 bits per heavy atom. The van der Waals surface area contributed by atoms with Gasteiger partial charge in [0.1, 0.15) is 18.1 Å². The van der Waals surface area contributed by atoms with E-state index in [0.717, 1.165) is 11.3 Å². The second-order valence-electron chi connectivity index (χ2n) is 9.35. The van der Waals surface area contributed by atoms with Crippen LogP contribution in [0, 0.1) is 0 Å². The van der Waals surface area contributed by atoms with Crippen molar-refractivity contribution in [3.63, 3.8) is 0 Å². The summed E-state index contributed by atoms with van der Waals surface area (Å²) in [6.45, 7) is 3.45. The van der Waals surface area contributed by atoms with E-state index in [-0.39, 0.29) is 25.5 Å². The number of nitrogens with zero attached hydrogens (tertiary/aromatic N) is 4. The normalized spacial score (nSPS) is 15.8. The number of para-hydroxylation sites is 1. The lowest BCUT2D eigenvalue weighted by Gasteiger charge is -2.24. The lowest BCUT2D eigenvalue weighted by atomic mass is 9.91. The van der Waals surface area contributed by atoms with Crippen LogP contribution in [0.3, 0.4) is 0 Å². The second-order valence-corrected chi connectivity index (χ2v) is 9.35. The van der Waals surface area contributed by atoms with Gasteiger partial charge in [0.15, 0.2) is 5.54 Å². The van der Waals surface area contributed by atoms with E-state index in [0.29, 0.717) is 61.1 Å². The summed E-state index contributed by atoms with van der Waals surface area (Å²) in [6, 6.07) is 22.1. The molecule has 0 bridgehead atoms. The largest absolute Gasteiger partial charge is 0.494 e. The van der Waals surface area contributed by atoms with E-state index in [1.165, 1.54) is 0 Å². The molecule has 41 heavy (non-hydrogen) atoms. The van der Waals surface area contributed by atoms with E-state index >= 15 is 0 Å². The van der Waals surface area contributed by atoms with Crippen LogP contribution in [-0.2, 0) is 22.4 Å². The number of benzene rings is 3. The fraction of sp³-hybridized carbons (Fsp3) is 0.333. The van der Waals surface area contributed by atoms with E-state index in [9.17, 15) is 4.79 Å². The highest BCUT2D eigenvalue weighted by atomic mass is 16.5. The van der Waals surface area contributed by atoms with E-state index in [4.69, 9.17) is 29.8 Å². The van der Waals surface area contributed by atoms with Crippen LogP contribution in [0.2, 0.25) is 0 Å². The van der Waals surface area contributed by atoms with Crippen LogP contribution in [-0.4, -0.2) is 55.4 Å². The van der Waals surface area contributed by atoms with Crippen molar-refractivity contribution < 1.29 is 24.1 Å². The maximum Gasteiger partial charge on any atom is 0.266 e. The summed E-state index contributed by atoms with van der Waals surface area (Å²) in [5.41, 5.74) is 16.4. The van der Waals surface area contributed by atoms with Crippen LogP contribution in [0.15, 0.2) is 82.9 Å². The Morgan fingerprint density at radius 1 is 1.10 bits per heavy atom. The third-order valence-corrected chi connectivity index (χ3v) is 6.48. The number of hydrogen-bond acceptors (Lipinski definition) is 8. The molecule has 0 saturated carbocycles. The molecule has 0 fully saturated rings. The topological polar surface area (TPSA) is 150 Å². The number of aliphatic hydroxyl groups is 1. The Hall–Kier alpha value is -4.57. The molecule has 1 aliphatic rings. The maximum atomic E-state index is 13.7. The number of carbonyl (C=O) groups excluding carboxylic acids is 1. The first kappa shape index (κ1) is 29.4. The molecule has 3 aromatic carbocycles.